The highest BCUT2D eigenvalue weighted by atomic mass is 32.2. The number of anilines is 2. The lowest BCUT2D eigenvalue weighted by atomic mass is 10.2. The van der Waals surface area contributed by atoms with Crippen LogP contribution in [0, 0.1) is 0 Å². The molecule has 1 aromatic rings. The zero-order valence-electron chi connectivity index (χ0n) is 9.45. The first-order valence-electron chi connectivity index (χ1n) is 4.89. The SMILES string of the molecule is COc1ccc(NC(=O)CCSC)cc1N. The number of nitrogens with two attached hydrogens (primary N) is 1. The first kappa shape index (κ1) is 12.7. The van der Waals surface area contributed by atoms with Crippen molar-refractivity contribution in [2.24, 2.45) is 0 Å². The van der Waals surface area contributed by atoms with Gasteiger partial charge in [-0.2, -0.15) is 11.8 Å². The number of hydrogen-bond donors (Lipinski definition) is 2. The van der Waals surface area contributed by atoms with Crippen LogP contribution in [-0.2, 0) is 4.79 Å². The standard InChI is InChI=1S/C11H16N2O2S/c1-15-10-4-3-8(7-9(10)12)13-11(14)5-6-16-2/h3-4,7H,5-6,12H2,1-2H3,(H,13,14). The number of rotatable bonds is 5. The quantitative estimate of drug-likeness (QED) is 0.772. The number of benzene rings is 1. The molecule has 0 saturated heterocycles. The van der Waals surface area contributed by atoms with E-state index < -0.39 is 0 Å². The van der Waals surface area contributed by atoms with E-state index in [0.29, 0.717) is 23.5 Å². The second-order valence-electron chi connectivity index (χ2n) is 3.25. The van der Waals surface area contributed by atoms with Crippen LogP contribution in [0.5, 0.6) is 5.75 Å². The van der Waals surface area contributed by atoms with E-state index in [0.717, 1.165) is 5.75 Å². The summed E-state index contributed by atoms with van der Waals surface area (Å²) in [7, 11) is 1.56. The Bertz CT molecular complexity index is 369. The van der Waals surface area contributed by atoms with Crippen molar-refractivity contribution in [2.45, 2.75) is 6.42 Å². The zero-order valence-corrected chi connectivity index (χ0v) is 10.3. The number of amides is 1. The largest absolute Gasteiger partial charge is 0.495 e. The van der Waals surface area contributed by atoms with Crippen LogP contribution < -0.4 is 15.8 Å². The van der Waals surface area contributed by atoms with E-state index in [4.69, 9.17) is 10.5 Å². The lowest BCUT2D eigenvalue weighted by Crippen LogP contribution is -2.12. The second-order valence-corrected chi connectivity index (χ2v) is 4.23. The Balaban J connectivity index is 2.61. The number of hydrogen-bond acceptors (Lipinski definition) is 4. The minimum absolute atomic E-state index is 0.00100. The number of methoxy groups -OCH3 is 1. The van der Waals surface area contributed by atoms with E-state index in [1.165, 1.54) is 0 Å². The number of nitrogens with one attached hydrogen (secondary N) is 1. The van der Waals surface area contributed by atoms with Gasteiger partial charge in [0.1, 0.15) is 5.75 Å². The van der Waals surface area contributed by atoms with Crippen molar-refractivity contribution in [3.05, 3.63) is 18.2 Å². The number of nitrogen functional groups attached to an aromatic ring is 1. The maximum absolute atomic E-state index is 11.4. The minimum atomic E-state index is -0.00100. The number of ether oxygens (including phenoxy) is 1. The van der Waals surface area contributed by atoms with Gasteiger partial charge in [0.15, 0.2) is 0 Å². The molecule has 16 heavy (non-hydrogen) atoms. The Hall–Kier alpha value is -1.36. The maximum atomic E-state index is 11.4. The molecule has 0 fully saturated rings. The lowest BCUT2D eigenvalue weighted by Gasteiger charge is -2.08. The molecule has 5 heteroatoms. The van der Waals surface area contributed by atoms with Gasteiger partial charge in [-0.3, -0.25) is 4.79 Å². The summed E-state index contributed by atoms with van der Waals surface area (Å²) in [5.74, 6) is 1.43. The molecule has 0 aliphatic heterocycles. The Morgan fingerprint density at radius 2 is 2.31 bits per heavy atom. The fourth-order valence-electron chi connectivity index (χ4n) is 1.23. The topological polar surface area (TPSA) is 64.3 Å². The molecule has 88 valence electrons. The number of carbonyl (C=O) groups is 1. The van der Waals surface area contributed by atoms with Gasteiger partial charge < -0.3 is 15.8 Å². The fourth-order valence-corrected chi connectivity index (χ4v) is 1.62. The van der Waals surface area contributed by atoms with Crippen molar-refractivity contribution in [1.82, 2.24) is 0 Å². The van der Waals surface area contributed by atoms with Gasteiger partial charge in [0, 0.05) is 17.9 Å². The maximum Gasteiger partial charge on any atom is 0.225 e. The van der Waals surface area contributed by atoms with Gasteiger partial charge in [0.05, 0.1) is 12.8 Å². The third-order valence-corrected chi connectivity index (χ3v) is 2.66. The summed E-state index contributed by atoms with van der Waals surface area (Å²) in [6, 6.07) is 5.20. The predicted molar refractivity (Wildman–Crippen MR) is 69.0 cm³/mol. The van der Waals surface area contributed by atoms with E-state index in [2.05, 4.69) is 5.32 Å². The molecule has 0 radical (unpaired) electrons. The Morgan fingerprint density at radius 3 is 2.88 bits per heavy atom. The molecular formula is C11H16N2O2S. The molecule has 3 N–H and O–H groups in total. The monoisotopic (exact) mass is 240 g/mol. The second kappa shape index (κ2) is 6.27. The number of carbonyl (C=O) groups excluding carboxylic acids is 1. The molecule has 0 atom stereocenters. The van der Waals surface area contributed by atoms with Gasteiger partial charge in [0.25, 0.3) is 0 Å². The predicted octanol–water partition coefficient (Wildman–Crippen LogP) is 1.97. The van der Waals surface area contributed by atoms with Gasteiger partial charge in [-0.1, -0.05) is 0 Å². The van der Waals surface area contributed by atoms with E-state index in [1.54, 1.807) is 37.1 Å². The summed E-state index contributed by atoms with van der Waals surface area (Å²) in [5.41, 5.74) is 6.94. The van der Waals surface area contributed by atoms with Crippen LogP contribution >= 0.6 is 11.8 Å². The molecule has 1 aromatic carbocycles. The van der Waals surface area contributed by atoms with Crippen LogP contribution in [0.25, 0.3) is 0 Å². The van der Waals surface area contributed by atoms with Crippen molar-refractivity contribution in [3.8, 4) is 5.75 Å². The molecule has 0 aliphatic rings. The van der Waals surface area contributed by atoms with Crippen molar-refractivity contribution < 1.29 is 9.53 Å². The molecule has 0 bridgehead atoms. The minimum Gasteiger partial charge on any atom is -0.495 e. The Kier molecular flexibility index (Phi) is 4.98. The van der Waals surface area contributed by atoms with Gasteiger partial charge in [-0.15, -0.1) is 0 Å². The third kappa shape index (κ3) is 3.66. The molecule has 0 unspecified atom stereocenters. The fraction of sp³-hybridized carbons (Fsp3) is 0.364. The van der Waals surface area contributed by atoms with Crippen LogP contribution in [0.15, 0.2) is 18.2 Å². The number of thioether (sulfide) groups is 1. The molecule has 0 spiro atoms. The van der Waals surface area contributed by atoms with Crippen molar-refractivity contribution in [3.63, 3.8) is 0 Å². The highest BCUT2D eigenvalue weighted by Gasteiger charge is 2.04. The van der Waals surface area contributed by atoms with Crippen LogP contribution in [0.3, 0.4) is 0 Å². The van der Waals surface area contributed by atoms with Crippen LogP contribution in [0.1, 0.15) is 6.42 Å². The van der Waals surface area contributed by atoms with Crippen LogP contribution in [0.2, 0.25) is 0 Å². The average molecular weight is 240 g/mol. The van der Waals surface area contributed by atoms with Crippen molar-refractivity contribution in [2.75, 3.05) is 30.2 Å². The first-order valence-corrected chi connectivity index (χ1v) is 6.29. The van der Waals surface area contributed by atoms with Gasteiger partial charge in [-0.05, 0) is 24.5 Å². The van der Waals surface area contributed by atoms with Crippen LogP contribution in [-0.4, -0.2) is 25.0 Å². The van der Waals surface area contributed by atoms with Crippen molar-refractivity contribution >= 4 is 29.0 Å². The van der Waals surface area contributed by atoms with E-state index in [-0.39, 0.29) is 5.91 Å². The summed E-state index contributed by atoms with van der Waals surface area (Å²) in [5, 5.41) is 2.78. The van der Waals surface area contributed by atoms with Crippen molar-refractivity contribution in [1.29, 1.82) is 0 Å². The molecule has 1 rings (SSSR count). The summed E-state index contributed by atoms with van der Waals surface area (Å²) < 4.78 is 5.03. The molecular weight excluding hydrogens is 224 g/mol. The Labute approximate surface area is 99.5 Å². The van der Waals surface area contributed by atoms with Gasteiger partial charge in [0.2, 0.25) is 5.91 Å². The molecule has 1 amide bonds. The highest BCUT2D eigenvalue weighted by Crippen LogP contribution is 2.24. The summed E-state index contributed by atoms with van der Waals surface area (Å²) in [6.45, 7) is 0. The molecule has 0 heterocycles. The van der Waals surface area contributed by atoms with Gasteiger partial charge in [-0.25, -0.2) is 0 Å². The normalized spacial score (nSPS) is 9.88. The molecule has 0 aromatic heterocycles. The molecule has 0 saturated carbocycles. The summed E-state index contributed by atoms with van der Waals surface area (Å²) >= 11 is 1.64. The third-order valence-electron chi connectivity index (χ3n) is 2.05. The first-order chi connectivity index (χ1) is 7.67. The van der Waals surface area contributed by atoms with E-state index in [1.807, 2.05) is 6.26 Å². The molecule has 4 nitrogen and oxygen atoms in total. The zero-order chi connectivity index (χ0) is 12.0. The van der Waals surface area contributed by atoms with E-state index >= 15 is 0 Å². The lowest BCUT2D eigenvalue weighted by molar-refractivity contribution is -0.115. The average Bonchev–Trinajstić information content (AvgIpc) is 2.26. The van der Waals surface area contributed by atoms with E-state index in [9.17, 15) is 4.79 Å². The highest BCUT2D eigenvalue weighted by molar-refractivity contribution is 7.98. The Morgan fingerprint density at radius 1 is 1.56 bits per heavy atom. The smallest absolute Gasteiger partial charge is 0.225 e. The summed E-state index contributed by atoms with van der Waals surface area (Å²) in [4.78, 5) is 11.4. The van der Waals surface area contributed by atoms with Gasteiger partial charge >= 0.3 is 0 Å². The van der Waals surface area contributed by atoms with Crippen LogP contribution in [0.4, 0.5) is 11.4 Å². The summed E-state index contributed by atoms with van der Waals surface area (Å²) in [6.07, 6.45) is 2.48. The molecule has 0 aliphatic carbocycles.